The highest BCUT2D eigenvalue weighted by Gasteiger charge is 2.08. The predicted octanol–water partition coefficient (Wildman–Crippen LogP) is 3.82. The molecule has 0 heterocycles. The third-order valence-corrected chi connectivity index (χ3v) is 3.17. The Balaban J connectivity index is 2.84. The Morgan fingerprint density at radius 2 is 2.16 bits per heavy atom. The van der Waals surface area contributed by atoms with E-state index in [4.69, 9.17) is 28.5 Å². The number of nitrogens with one attached hydrogen (secondary N) is 1. The van der Waals surface area contributed by atoms with Gasteiger partial charge in [-0.3, -0.25) is 4.79 Å². The molecular formula is C14H14Cl2N2O. The zero-order valence-corrected chi connectivity index (χ0v) is 12.1. The van der Waals surface area contributed by atoms with Crippen LogP contribution >= 0.6 is 23.2 Å². The molecule has 1 rings (SSSR count). The van der Waals surface area contributed by atoms with Crippen LogP contribution in [0.25, 0.3) is 6.08 Å². The zero-order chi connectivity index (χ0) is 14.3. The van der Waals surface area contributed by atoms with Gasteiger partial charge in [-0.25, -0.2) is 0 Å². The minimum Gasteiger partial charge on any atom is -0.351 e. The van der Waals surface area contributed by atoms with Crippen molar-refractivity contribution in [2.75, 3.05) is 6.54 Å². The maximum Gasteiger partial charge on any atom is 0.261 e. The molecule has 100 valence electrons. The summed E-state index contributed by atoms with van der Waals surface area (Å²) in [6.45, 7) is 2.60. The Labute approximate surface area is 122 Å². The highest BCUT2D eigenvalue weighted by molar-refractivity contribution is 6.42. The molecule has 1 N–H and O–H groups in total. The molecule has 3 nitrogen and oxygen atoms in total. The molecule has 0 saturated heterocycles. The second-order valence-electron chi connectivity index (χ2n) is 3.95. The Morgan fingerprint density at radius 3 is 2.74 bits per heavy atom. The fraction of sp³-hybridized carbons (Fsp3) is 0.286. The van der Waals surface area contributed by atoms with Crippen LogP contribution in [0.2, 0.25) is 10.0 Å². The van der Waals surface area contributed by atoms with E-state index in [2.05, 4.69) is 5.32 Å². The number of amides is 1. The van der Waals surface area contributed by atoms with Gasteiger partial charge in [0.05, 0.1) is 10.0 Å². The Bertz CT molecular complexity index is 533. The second-order valence-corrected chi connectivity index (χ2v) is 4.77. The molecule has 0 saturated carbocycles. The summed E-state index contributed by atoms with van der Waals surface area (Å²) in [5.74, 6) is -0.373. The van der Waals surface area contributed by atoms with Crippen LogP contribution in [-0.4, -0.2) is 12.5 Å². The molecule has 0 atom stereocenters. The summed E-state index contributed by atoms with van der Waals surface area (Å²) >= 11 is 11.7. The van der Waals surface area contributed by atoms with Gasteiger partial charge < -0.3 is 5.32 Å². The number of nitriles is 1. The summed E-state index contributed by atoms with van der Waals surface area (Å²) in [4.78, 5) is 11.7. The number of carbonyl (C=O) groups is 1. The van der Waals surface area contributed by atoms with Gasteiger partial charge in [-0.05, 0) is 30.2 Å². The minimum absolute atomic E-state index is 0.0505. The van der Waals surface area contributed by atoms with E-state index in [-0.39, 0.29) is 11.5 Å². The average Bonchev–Trinajstić information content (AvgIpc) is 2.40. The van der Waals surface area contributed by atoms with Gasteiger partial charge in [-0.2, -0.15) is 5.26 Å². The number of hydrogen-bond donors (Lipinski definition) is 1. The first kappa shape index (κ1) is 15.6. The highest BCUT2D eigenvalue weighted by atomic mass is 35.5. The Hall–Kier alpha value is -1.50. The molecular weight excluding hydrogens is 283 g/mol. The Kier molecular flexibility index (Phi) is 6.41. The van der Waals surface area contributed by atoms with E-state index in [9.17, 15) is 4.79 Å². The van der Waals surface area contributed by atoms with Crippen LogP contribution in [0, 0.1) is 11.3 Å². The molecule has 0 fully saturated rings. The molecule has 5 heteroatoms. The topological polar surface area (TPSA) is 52.9 Å². The van der Waals surface area contributed by atoms with Crippen molar-refractivity contribution in [3.05, 3.63) is 39.4 Å². The minimum atomic E-state index is -0.373. The number of benzene rings is 1. The van der Waals surface area contributed by atoms with Gasteiger partial charge >= 0.3 is 0 Å². The van der Waals surface area contributed by atoms with Crippen molar-refractivity contribution < 1.29 is 4.79 Å². The third-order valence-electron chi connectivity index (χ3n) is 2.44. The number of nitrogens with zero attached hydrogens (tertiary/aromatic N) is 1. The fourth-order valence-electron chi connectivity index (χ4n) is 1.39. The van der Waals surface area contributed by atoms with Gasteiger partial charge in [0, 0.05) is 6.54 Å². The Morgan fingerprint density at radius 1 is 1.42 bits per heavy atom. The van der Waals surface area contributed by atoms with Crippen molar-refractivity contribution in [3.8, 4) is 6.07 Å². The monoisotopic (exact) mass is 296 g/mol. The van der Waals surface area contributed by atoms with Crippen molar-refractivity contribution >= 4 is 35.2 Å². The maximum atomic E-state index is 11.7. The van der Waals surface area contributed by atoms with Crippen LogP contribution in [0.15, 0.2) is 23.8 Å². The lowest BCUT2D eigenvalue weighted by molar-refractivity contribution is -0.117. The first-order valence-electron chi connectivity index (χ1n) is 5.93. The number of carbonyl (C=O) groups excluding carboxylic acids is 1. The quantitative estimate of drug-likeness (QED) is 0.510. The van der Waals surface area contributed by atoms with Crippen molar-refractivity contribution in [2.45, 2.75) is 19.8 Å². The van der Waals surface area contributed by atoms with E-state index in [1.165, 1.54) is 6.08 Å². The predicted molar refractivity (Wildman–Crippen MR) is 78.0 cm³/mol. The van der Waals surface area contributed by atoms with Gasteiger partial charge in [0.2, 0.25) is 0 Å². The lowest BCUT2D eigenvalue weighted by Gasteiger charge is -2.03. The molecule has 0 aliphatic heterocycles. The van der Waals surface area contributed by atoms with E-state index in [0.29, 0.717) is 22.2 Å². The van der Waals surface area contributed by atoms with Crippen molar-refractivity contribution in [1.29, 1.82) is 5.26 Å². The largest absolute Gasteiger partial charge is 0.351 e. The lowest BCUT2D eigenvalue weighted by Crippen LogP contribution is -2.25. The molecule has 0 spiro atoms. The number of unbranched alkanes of at least 4 members (excludes halogenated alkanes) is 1. The maximum absolute atomic E-state index is 11.7. The van der Waals surface area contributed by atoms with Crippen LogP contribution in [-0.2, 0) is 4.79 Å². The fourth-order valence-corrected chi connectivity index (χ4v) is 1.70. The van der Waals surface area contributed by atoms with E-state index < -0.39 is 0 Å². The average molecular weight is 297 g/mol. The molecule has 19 heavy (non-hydrogen) atoms. The first-order chi connectivity index (χ1) is 9.08. The van der Waals surface area contributed by atoms with Gasteiger partial charge in [0.25, 0.3) is 5.91 Å². The number of hydrogen-bond acceptors (Lipinski definition) is 2. The SMILES string of the molecule is CCCCNC(=O)/C(C#N)=C/c1ccc(Cl)c(Cl)c1. The van der Waals surface area contributed by atoms with Gasteiger partial charge in [-0.1, -0.05) is 42.6 Å². The number of halogens is 2. The highest BCUT2D eigenvalue weighted by Crippen LogP contribution is 2.23. The van der Waals surface area contributed by atoms with Crippen molar-refractivity contribution in [3.63, 3.8) is 0 Å². The third kappa shape index (κ3) is 4.94. The summed E-state index contributed by atoms with van der Waals surface area (Å²) in [6.07, 6.45) is 3.36. The van der Waals surface area contributed by atoms with E-state index in [1.807, 2.05) is 13.0 Å². The molecule has 0 aliphatic rings. The standard InChI is InChI=1S/C14H14Cl2N2O/c1-2-3-6-18-14(19)11(9-17)7-10-4-5-12(15)13(16)8-10/h4-5,7-8H,2-3,6H2,1H3,(H,18,19)/b11-7+. The van der Waals surface area contributed by atoms with Gasteiger partial charge in [0.15, 0.2) is 0 Å². The molecule has 0 radical (unpaired) electrons. The first-order valence-corrected chi connectivity index (χ1v) is 6.69. The molecule has 0 aliphatic carbocycles. The van der Waals surface area contributed by atoms with Crippen LogP contribution < -0.4 is 5.32 Å². The molecule has 0 aromatic heterocycles. The van der Waals surface area contributed by atoms with Crippen LogP contribution in [0.4, 0.5) is 0 Å². The molecule has 1 aromatic carbocycles. The summed E-state index contributed by atoms with van der Waals surface area (Å²) in [5, 5.41) is 12.5. The zero-order valence-electron chi connectivity index (χ0n) is 10.5. The van der Waals surface area contributed by atoms with Gasteiger partial charge in [0.1, 0.15) is 11.6 Å². The molecule has 0 unspecified atom stereocenters. The van der Waals surface area contributed by atoms with Crippen molar-refractivity contribution in [1.82, 2.24) is 5.32 Å². The number of rotatable bonds is 5. The van der Waals surface area contributed by atoms with E-state index in [1.54, 1.807) is 18.2 Å². The normalized spacial score (nSPS) is 10.9. The van der Waals surface area contributed by atoms with E-state index >= 15 is 0 Å². The smallest absolute Gasteiger partial charge is 0.261 e. The lowest BCUT2D eigenvalue weighted by atomic mass is 10.1. The van der Waals surface area contributed by atoms with Crippen LogP contribution in [0.5, 0.6) is 0 Å². The van der Waals surface area contributed by atoms with Crippen molar-refractivity contribution in [2.24, 2.45) is 0 Å². The summed E-state index contributed by atoms with van der Waals surface area (Å²) in [7, 11) is 0. The molecule has 1 amide bonds. The molecule has 0 bridgehead atoms. The van der Waals surface area contributed by atoms with E-state index in [0.717, 1.165) is 12.8 Å². The van der Waals surface area contributed by atoms with Crippen LogP contribution in [0.3, 0.4) is 0 Å². The van der Waals surface area contributed by atoms with Gasteiger partial charge in [-0.15, -0.1) is 0 Å². The summed E-state index contributed by atoms with van der Waals surface area (Å²) < 4.78 is 0. The summed E-state index contributed by atoms with van der Waals surface area (Å²) in [5.41, 5.74) is 0.714. The second kappa shape index (κ2) is 7.83. The van der Waals surface area contributed by atoms with Crippen LogP contribution in [0.1, 0.15) is 25.3 Å². The molecule has 1 aromatic rings. The summed E-state index contributed by atoms with van der Waals surface area (Å²) in [6, 6.07) is 6.82.